The van der Waals surface area contributed by atoms with Gasteiger partial charge in [-0.3, -0.25) is 4.79 Å². The molecule has 1 aliphatic carbocycles. The number of nitrogens with one attached hydrogen (secondary N) is 1. The Hall–Kier alpha value is -3.08. The molecule has 28 heavy (non-hydrogen) atoms. The van der Waals surface area contributed by atoms with Crippen LogP contribution in [-0.2, 0) is 12.8 Å². The van der Waals surface area contributed by atoms with Crippen molar-refractivity contribution in [3.63, 3.8) is 0 Å². The Morgan fingerprint density at radius 2 is 1.82 bits per heavy atom. The zero-order chi connectivity index (χ0) is 19.7. The number of carbonyl (C=O) groups is 1. The number of aromatic nitrogens is 2. The van der Waals surface area contributed by atoms with E-state index < -0.39 is 0 Å². The monoisotopic (exact) mass is 375 g/mol. The number of nitrogens with zero attached hydrogens (tertiary/aromatic N) is 2. The molecule has 0 bridgehead atoms. The van der Waals surface area contributed by atoms with Crippen molar-refractivity contribution in [2.24, 2.45) is 5.92 Å². The molecule has 0 aliphatic heterocycles. The van der Waals surface area contributed by atoms with Crippen LogP contribution in [0.4, 0.5) is 11.5 Å². The molecule has 0 saturated carbocycles. The van der Waals surface area contributed by atoms with E-state index in [1.54, 1.807) is 7.11 Å². The first-order valence-corrected chi connectivity index (χ1v) is 9.74. The van der Waals surface area contributed by atoms with Gasteiger partial charge in [-0.05, 0) is 60.7 Å². The maximum atomic E-state index is 12.8. The number of methoxy groups -OCH3 is 1. The smallest absolute Gasteiger partial charge is 0.168 e. The lowest BCUT2D eigenvalue weighted by molar-refractivity contribution is 0.0953. The second-order valence-electron chi connectivity index (χ2n) is 7.39. The molecule has 0 fully saturated rings. The molecule has 1 aromatic heterocycles. The number of anilines is 2. The van der Waals surface area contributed by atoms with E-state index >= 15 is 0 Å². The highest BCUT2D eigenvalue weighted by atomic mass is 16.5. The molecule has 1 N–H and O–H groups in total. The van der Waals surface area contributed by atoms with E-state index in [1.165, 1.54) is 5.56 Å². The summed E-state index contributed by atoms with van der Waals surface area (Å²) in [5, 5.41) is 8.15. The number of hydrogen-bond donors (Lipinski definition) is 1. The van der Waals surface area contributed by atoms with E-state index in [0.29, 0.717) is 23.7 Å². The molecule has 0 amide bonds. The number of rotatable bonds is 5. The molecule has 2 aromatic carbocycles. The van der Waals surface area contributed by atoms with Crippen LogP contribution in [0.5, 0.6) is 5.75 Å². The lowest BCUT2D eigenvalue weighted by Crippen LogP contribution is -2.19. The molecule has 0 radical (unpaired) electrons. The molecule has 4 rings (SSSR count). The Morgan fingerprint density at radius 1 is 1.11 bits per heavy atom. The summed E-state index contributed by atoms with van der Waals surface area (Å²) in [5.74, 6) is 1.89. The fourth-order valence-electron chi connectivity index (χ4n) is 3.74. The molecular weight excluding hydrogens is 350 g/mol. The van der Waals surface area contributed by atoms with Gasteiger partial charge >= 0.3 is 0 Å². The van der Waals surface area contributed by atoms with Gasteiger partial charge in [-0.2, -0.15) is 0 Å². The minimum atomic E-state index is 0.154. The third kappa shape index (κ3) is 3.40. The van der Waals surface area contributed by atoms with Crippen LogP contribution in [0.1, 0.15) is 41.9 Å². The van der Waals surface area contributed by atoms with Gasteiger partial charge in [0.05, 0.1) is 24.1 Å². The molecule has 1 heterocycles. The second kappa shape index (κ2) is 7.50. The average molecular weight is 375 g/mol. The summed E-state index contributed by atoms with van der Waals surface area (Å²) >= 11 is 0. The first-order chi connectivity index (χ1) is 13.6. The van der Waals surface area contributed by atoms with Crippen LogP contribution in [0.2, 0.25) is 0 Å². The number of fused-ring (bicyclic) bond motifs is 1. The summed E-state index contributed by atoms with van der Waals surface area (Å²) in [7, 11) is 1.65. The Morgan fingerprint density at radius 3 is 2.46 bits per heavy atom. The largest absolute Gasteiger partial charge is 0.497 e. The standard InChI is InChI=1S/C23H25N3O2/c1-4-16-5-7-17(8-6-16)24-23-22-20(13-15(2)14-21(22)27)26(25-23)18-9-11-19(28-3)12-10-18/h5-12,15H,4,13-14H2,1-3H3,(H,24,25). The summed E-state index contributed by atoms with van der Waals surface area (Å²) in [4.78, 5) is 12.8. The van der Waals surface area contributed by atoms with Gasteiger partial charge in [-0.15, -0.1) is 5.10 Å². The summed E-state index contributed by atoms with van der Waals surface area (Å²) in [6.07, 6.45) is 2.39. The quantitative estimate of drug-likeness (QED) is 0.685. The maximum Gasteiger partial charge on any atom is 0.168 e. The molecule has 1 unspecified atom stereocenters. The summed E-state index contributed by atoms with van der Waals surface area (Å²) in [6, 6.07) is 16.0. The van der Waals surface area contributed by atoms with Gasteiger partial charge in [0.15, 0.2) is 11.6 Å². The Balaban J connectivity index is 1.76. The van der Waals surface area contributed by atoms with Gasteiger partial charge in [0, 0.05) is 12.1 Å². The van der Waals surface area contributed by atoms with Gasteiger partial charge in [0.2, 0.25) is 0 Å². The number of ether oxygens (including phenoxy) is 1. The van der Waals surface area contributed by atoms with E-state index in [-0.39, 0.29) is 5.78 Å². The number of Topliss-reactive ketones (excluding diaryl/α,β-unsaturated/α-hetero) is 1. The minimum Gasteiger partial charge on any atom is -0.497 e. The third-order valence-corrected chi connectivity index (χ3v) is 5.28. The van der Waals surface area contributed by atoms with E-state index in [9.17, 15) is 4.79 Å². The molecule has 144 valence electrons. The molecule has 1 atom stereocenters. The van der Waals surface area contributed by atoms with Crippen LogP contribution in [0.25, 0.3) is 5.69 Å². The van der Waals surface area contributed by atoms with Crippen LogP contribution >= 0.6 is 0 Å². The molecule has 0 saturated heterocycles. The summed E-state index contributed by atoms with van der Waals surface area (Å²) < 4.78 is 7.15. The summed E-state index contributed by atoms with van der Waals surface area (Å²) in [6.45, 7) is 4.25. The minimum absolute atomic E-state index is 0.154. The van der Waals surface area contributed by atoms with E-state index in [1.807, 2.05) is 41.1 Å². The highest BCUT2D eigenvalue weighted by molar-refractivity contribution is 6.03. The second-order valence-corrected chi connectivity index (χ2v) is 7.39. The predicted octanol–water partition coefficient (Wildman–Crippen LogP) is 4.95. The molecule has 0 spiro atoms. The molecular formula is C23H25N3O2. The lowest BCUT2D eigenvalue weighted by atomic mass is 9.87. The van der Waals surface area contributed by atoms with E-state index in [4.69, 9.17) is 9.84 Å². The van der Waals surface area contributed by atoms with Crippen molar-refractivity contribution >= 4 is 17.3 Å². The summed E-state index contributed by atoms with van der Waals surface area (Å²) in [5.41, 5.74) is 4.83. The van der Waals surface area contributed by atoms with Crippen LogP contribution in [-0.4, -0.2) is 22.7 Å². The fourth-order valence-corrected chi connectivity index (χ4v) is 3.74. The highest BCUT2D eigenvalue weighted by Crippen LogP contribution is 2.34. The van der Waals surface area contributed by atoms with Gasteiger partial charge < -0.3 is 10.1 Å². The van der Waals surface area contributed by atoms with Crippen molar-refractivity contribution in [2.75, 3.05) is 12.4 Å². The number of ketones is 1. The Kier molecular flexibility index (Phi) is 4.90. The van der Waals surface area contributed by atoms with Crippen molar-refractivity contribution in [3.8, 4) is 11.4 Å². The number of hydrogen-bond acceptors (Lipinski definition) is 4. The zero-order valence-electron chi connectivity index (χ0n) is 16.5. The van der Waals surface area contributed by atoms with Crippen LogP contribution in [0.15, 0.2) is 48.5 Å². The van der Waals surface area contributed by atoms with E-state index in [0.717, 1.165) is 35.7 Å². The zero-order valence-corrected chi connectivity index (χ0v) is 16.5. The fraction of sp³-hybridized carbons (Fsp3) is 0.304. The topological polar surface area (TPSA) is 56.1 Å². The van der Waals surface area contributed by atoms with Gasteiger partial charge in [0.25, 0.3) is 0 Å². The average Bonchev–Trinajstić information content (AvgIpc) is 3.07. The van der Waals surface area contributed by atoms with Crippen LogP contribution in [0, 0.1) is 5.92 Å². The Bertz CT molecular complexity index is 988. The van der Waals surface area contributed by atoms with Crippen molar-refractivity contribution in [3.05, 3.63) is 65.4 Å². The first-order valence-electron chi connectivity index (χ1n) is 9.74. The Labute approximate surface area is 165 Å². The predicted molar refractivity (Wildman–Crippen MR) is 111 cm³/mol. The highest BCUT2D eigenvalue weighted by Gasteiger charge is 2.31. The first kappa shape index (κ1) is 18.3. The van der Waals surface area contributed by atoms with Crippen molar-refractivity contribution in [1.29, 1.82) is 0 Å². The van der Waals surface area contributed by atoms with Crippen molar-refractivity contribution in [1.82, 2.24) is 9.78 Å². The number of benzene rings is 2. The van der Waals surface area contributed by atoms with Crippen LogP contribution in [0.3, 0.4) is 0 Å². The van der Waals surface area contributed by atoms with Gasteiger partial charge in [-0.1, -0.05) is 26.0 Å². The molecule has 1 aliphatic rings. The molecule has 5 nitrogen and oxygen atoms in total. The maximum absolute atomic E-state index is 12.8. The van der Waals surface area contributed by atoms with Crippen molar-refractivity contribution < 1.29 is 9.53 Å². The van der Waals surface area contributed by atoms with E-state index in [2.05, 4.69) is 31.3 Å². The number of carbonyl (C=O) groups excluding carboxylic acids is 1. The van der Waals surface area contributed by atoms with Gasteiger partial charge in [0.1, 0.15) is 5.75 Å². The molecule has 3 aromatic rings. The third-order valence-electron chi connectivity index (χ3n) is 5.28. The SMILES string of the molecule is CCc1ccc(Nc2nn(-c3ccc(OC)cc3)c3c2C(=O)CC(C)C3)cc1. The lowest BCUT2D eigenvalue weighted by Gasteiger charge is -2.19. The molecule has 5 heteroatoms. The van der Waals surface area contributed by atoms with Crippen molar-refractivity contribution in [2.45, 2.75) is 33.1 Å². The van der Waals surface area contributed by atoms with Crippen LogP contribution < -0.4 is 10.1 Å². The van der Waals surface area contributed by atoms with Gasteiger partial charge in [-0.25, -0.2) is 4.68 Å². The number of aryl methyl sites for hydroxylation is 1. The normalized spacial score (nSPS) is 16.0.